The van der Waals surface area contributed by atoms with Crippen LogP contribution in [0.1, 0.15) is 16.1 Å². The number of fused-ring (bicyclic) bond motifs is 1. The van der Waals surface area contributed by atoms with Crippen molar-refractivity contribution in [2.45, 2.75) is 6.54 Å². The van der Waals surface area contributed by atoms with Crippen LogP contribution in [0.5, 0.6) is 0 Å². The van der Waals surface area contributed by atoms with Crippen molar-refractivity contribution >= 4 is 34.1 Å². The third-order valence-electron chi connectivity index (χ3n) is 3.35. The summed E-state index contributed by atoms with van der Waals surface area (Å²) >= 11 is 6.36. The molecule has 106 valence electrons. The fourth-order valence-electron chi connectivity index (χ4n) is 2.23. The van der Waals surface area contributed by atoms with Crippen molar-refractivity contribution in [2.75, 3.05) is 5.32 Å². The number of H-pyrrole nitrogens is 1. The minimum atomic E-state index is -0.430. The van der Waals surface area contributed by atoms with Crippen LogP contribution in [0.4, 0.5) is 5.69 Å². The van der Waals surface area contributed by atoms with E-state index in [1.807, 2.05) is 36.4 Å². The Balaban J connectivity index is 1.77. The lowest BCUT2D eigenvalue weighted by atomic mass is 10.2. The Kier molecular flexibility index (Phi) is 3.54. The fraction of sp³-hybridized carbons (Fsp3) is 0.0625. The van der Waals surface area contributed by atoms with Crippen LogP contribution >= 0.6 is 11.6 Å². The molecule has 4 N–H and O–H groups in total. The first-order chi connectivity index (χ1) is 10.1. The number of hydrogen-bond acceptors (Lipinski definition) is 2. The van der Waals surface area contributed by atoms with Gasteiger partial charge in [0.25, 0.3) is 0 Å². The number of nitrogens with two attached hydrogens (primary N) is 1. The third-order valence-corrected chi connectivity index (χ3v) is 3.78. The van der Waals surface area contributed by atoms with E-state index < -0.39 is 5.91 Å². The number of aromatic amines is 1. The molecule has 0 spiro atoms. The second-order valence-corrected chi connectivity index (χ2v) is 5.14. The van der Waals surface area contributed by atoms with Gasteiger partial charge >= 0.3 is 0 Å². The molecule has 0 radical (unpaired) electrons. The highest BCUT2D eigenvalue weighted by atomic mass is 35.5. The Morgan fingerprint density at radius 3 is 2.52 bits per heavy atom. The Bertz CT molecular complexity index is 793. The van der Waals surface area contributed by atoms with Crippen molar-refractivity contribution < 1.29 is 4.79 Å². The maximum atomic E-state index is 11.0. The quantitative estimate of drug-likeness (QED) is 0.689. The van der Waals surface area contributed by atoms with Gasteiger partial charge in [-0.25, -0.2) is 0 Å². The molecule has 0 aliphatic rings. The molecular formula is C16H14ClN3O. The van der Waals surface area contributed by atoms with Crippen LogP contribution in [0.3, 0.4) is 0 Å². The van der Waals surface area contributed by atoms with Gasteiger partial charge in [-0.1, -0.05) is 29.8 Å². The van der Waals surface area contributed by atoms with E-state index in [9.17, 15) is 4.79 Å². The first-order valence-corrected chi connectivity index (χ1v) is 6.92. The molecule has 1 amide bonds. The average molecular weight is 300 g/mol. The van der Waals surface area contributed by atoms with E-state index >= 15 is 0 Å². The van der Waals surface area contributed by atoms with Crippen LogP contribution in [-0.4, -0.2) is 10.9 Å². The highest BCUT2D eigenvalue weighted by Gasteiger charge is 2.08. The summed E-state index contributed by atoms with van der Waals surface area (Å²) in [6.07, 6.45) is 0. The fourth-order valence-corrected chi connectivity index (χ4v) is 2.51. The van der Waals surface area contributed by atoms with Gasteiger partial charge in [-0.05, 0) is 30.3 Å². The molecule has 1 aromatic heterocycles. The van der Waals surface area contributed by atoms with Gasteiger partial charge in [0.15, 0.2) is 0 Å². The third kappa shape index (κ3) is 2.71. The van der Waals surface area contributed by atoms with Gasteiger partial charge in [0.2, 0.25) is 5.91 Å². The smallest absolute Gasteiger partial charge is 0.248 e. The lowest BCUT2D eigenvalue weighted by Gasteiger charge is -2.06. The molecule has 0 bridgehead atoms. The lowest BCUT2D eigenvalue weighted by Crippen LogP contribution is -2.10. The standard InChI is InChI=1S/C16H14ClN3O/c17-15-12-3-1-2-4-13(12)20-14(15)9-19-11-7-5-10(6-8-11)16(18)21/h1-8,19-20H,9H2,(H2,18,21). The molecule has 0 saturated carbocycles. The number of aromatic nitrogens is 1. The van der Waals surface area contributed by atoms with Crippen molar-refractivity contribution in [3.05, 3.63) is 64.8 Å². The molecular weight excluding hydrogens is 286 g/mol. The number of rotatable bonds is 4. The summed E-state index contributed by atoms with van der Waals surface area (Å²) in [7, 11) is 0. The second-order valence-electron chi connectivity index (χ2n) is 4.76. The SMILES string of the molecule is NC(=O)c1ccc(NCc2[nH]c3ccccc3c2Cl)cc1. The molecule has 21 heavy (non-hydrogen) atoms. The van der Waals surface area contributed by atoms with E-state index in [2.05, 4.69) is 10.3 Å². The monoisotopic (exact) mass is 299 g/mol. The van der Waals surface area contributed by atoms with E-state index in [0.29, 0.717) is 12.1 Å². The van der Waals surface area contributed by atoms with E-state index in [0.717, 1.165) is 27.3 Å². The van der Waals surface area contributed by atoms with Crippen LogP contribution in [0.2, 0.25) is 5.02 Å². The molecule has 0 unspecified atom stereocenters. The zero-order valence-electron chi connectivity index (χ0n) is 11.2. The van der Waals surface area contributed by atoms with Crippen LogP contribution in [0.25, 0.3) is 10.9 Å². The van der Waals surface area contributed by atoms with Crippen molar-refractivity contribution in [1.82, 2.24) is 4.98 Å². The molecule has 0 aliphatic heterocycles. The number of hydrogen-bond donors (Lipinski definition) is 3. The number of primary amides is 1. The van der Waals surface area contributed by atoms with E-state index in [-0.39, 0.29) is 0 Å². The number of anilines is 1. The summed E-state index contributed by atoms with van der Waals surface area (Å²) in [4.78, 5) is 14.3. The van der Waals surface area contributed by atoms with Gasteiger partial charge in [0.05, 0.1) is 17.3 Å². The van der Waals surface area contributed by atoms with E-state index in [1.54, 1.807) is 12.1 Å². The molecule has 4 nitrogen and oxygen atoms in total. The van der Waals surface area contributed by atoms with Gasteiger partial charge in [-0.2, -0.15) is 0 Å². The first-order valence-electron chi connectivity index (χ1n) is 6.54. The number of para-hydroxylation sites is 1. The van der Waals surface area contributed by atoms with E-state index in [1.165, 1.54) is 0 Å². The summed E-state index contributed by atoms with van der Waals surface area (Å²) in [5, 5.41) is 5.00. The predicted molar refractivity (Wildman–Crippen MR) is 85.6 cm³/mol. The van der Waals surface area contributed by atoms with Crippen LogP contribution in [-0.2, 0) is 6.54 Å². The number of benzene rings is 2. The van der Waals surface area contributed by atoms with Gasteiger partial charge in [-0.3, -0.25) is 4.79 Å². The van der Waals surface area contributed by atoms with Gasteiger partial charge in [0.1, 0.15) is 0 Å². The highest BCUT2D eigenvalue weighted by molar-refractivity contribution is 6.36. The summed E-state index contributed by atoms with van der Waals surface area (Å²) < 4.78 is 0. The zero-order chi connectivity index (χ0) is 14.8. The number of halogens is 1. The van der Waals surface area contributed by atoms with Crippen LogP contribution in [0, 0.1) is 0 Å². The van der Waals surface area contributed by atoms with Crippen LogP contribution in [0.15, 0.2) is 48.5 Å². The highest BCUT2D eigenvalue weighted by Crippen LogP contribution is 2.27. The van der Waals surface area contributed by atoms with Crippen LogP contribution < -0.4 is 11.1 Å². The average Bonchev–Trinajstić information content (AvgIpc) is 2.82. The molecule has 3 rings (SSSR count). The molecule has 1 heterocycles. The molecule has 0 saturated heterocycles. The first kappa shape index (κ1) is 13.5. The zero-order valence-corrected chi connectivity index (χ0v) is 11.9. The minimum absolute atomic E-state index is 0.430. The number of carbonyl (C=O) groups is 1. The molecule has 2 aromatic carbocycles. The summed E-state index contributed by atoms with van der Waals surface area (Å²) in [6, 6.07) is 14.9. The number of carbonyl (C=O) groups excluding carboxylic acids is 1. The Morgan fingerprint density at radius 1 is 1.14 bits per heavy atom. The Morgan fingerprint density at radius 2 is 1.86 bits per heavy atom. The predicted octanol–water partition coefficient (Wildman–Crippen LogP) is 3.53. The Hall–Kier alpha value is -2.46. The largest absolute Gasteiger partial charge is 0.379 e. The van der Waals surface area contributed by atoms with Crippen molar-refractivity contribution in [3.8, 4) is 0 Å². The van der Waals surface area contributed by atoms with Crippen molar-refractivity contribution in [3.63, 3.8) is 0 Å². The van der Waals surface area contributed by atoms with Gasteiger partial charge in [-0.15, -0.1) is 0 Å². The molecule has 3 aromatic rings. The van der Waals surface area contributed by atoms with Crippen molar-refractivity contribution in [1.29, 1.82) is 0 Å². The lowest BCUT2D eigenvalue weighted by molar-refractivity contribution is 0.100. The molecule has 0 aliphatic carbocycles. The molecule has 0 atom stereocenters. The normalized spacial score (nSPS) is 10.7. The second kappa shape index (κ2) is 5.50. The maximum absolute atomic E-state index is 11.0. The van der Waals surface area contributed by atoms with Gasteiger partial charge < -0.3 is 16.0 Å². The molecule has 5 heteroatoms. The summed E-state index contributed by atoms with van der Waals surface area (Å²) in [5.74, 6) is -0.430. The Labute approximate surface area is 126 Å². The number of amides is 1. The summed E-state index contributed by atoms with van der Waals surface area (Å²) in [5.41, 5.74) is 8.54. The minimum Gasteiger partial charge on any atom is -0.379 e. The molecule has 0 fully saturated rings. The van der Waals surface area contributed by atoms with Crippen molar-refractivity contribution in [2.24, 2.45) is 5.73 Å². The number of nitrogens with one attached hydrogen (secondary N) is 2. The summed E-state index contributed by atoms with van der Waals surface area (Å²) in [6.45, 7) is 0.573. The van der Waals surface area contributed by atoms with Gasteiger partial charge in [0, 0.05) is 22.2 Å². The maximum Gasteiger partial charge on any atom is 0.248 e. The topological polar surface area (TPSA) is 70.9 Å². The van der Waals surface area contributed by atoms with E-state index in [4.69, 9.17) is 17.3 Å².